The molecule has 0 saturated carbocycles. The van der Waals surface area contributed by atoms with Gasteiger partial charge in [0.25, 0.3) is 5.91 Å². The summed E-state index contributed by atoms with van der Waals surface area (Å²) in [5, 5.41) is 1.15. The summed E-state index contributed by atoms with van der Waals surface area (Å²) in [7, 11) is 1.68. The lowest BCUT2D eigenvalue weighted by atomic mass is 9.96. The Balaban J connectivity index is 1.57. The first kappa shape index (κ1) is 21.0. The van der Waals surface area contributed by atoms with Crippen LogP contribution < -0.4 is 14.5 Å². The van der Waals surface area contributed by atoms with Crippen LogP contribution in [-0.4, -0.2) is 45.9 Å². The maximum absolute atomic E-state index is 13.9. The summed E-state index contributed by atoms with van der Waals surface area (Å²) in [6.45, 7) is 5.93. The van der Waals surface area contributed by atoms with Gasteiger partial charge in [0.05, 0.1) is 35.9 Å². The van der Waals surface area contributed by atoms with Gasteiger partial charge in [0.1, 0.15) is 5.75 Å². The van der Waals surface area contributed by atoms with Crippen LogP contribution in [0, 0.1) is 6.92 Å². The number of anilines is 2. The average molecular weight is 449 g/mol. The minimum atomic E-state index is 0.0524. The molecular formula is C26H28N2O3S. The first-order chi connectivity index (χ1) is 15.7. The molecule has 2 aromatic carbocycles. The van der Waals surface area contributed by atoms with Crippen molar-refractivity contribution in [2.24, 2.45) is 0 Å². The van der Waals surface area contributed by atoms with Crippen LogP contribution in [0.3, 0.4) is 0 Å². The molecule has 1 aromatic heterocycles. The summed E-state index contributed by atoms with van der Waals surface area (Å²) in [4.78, 5) is 18.9. The highest BCUT2D eigenvalue weighted by Gasteiger charge is 2.30. The predicted octanol–water partition coefficient (Wildman–Crippen LogP) is 5.16. The van der Waals surface area contributed by atoms with E-state index in [0.717, 1.165) is 58.4 Å². The Morgan fingerprint density at radius 3 is 2.59 bits per heavy atom. The van der Waals surface area contributed by atoms with Crippen molar-refractivity contribution in [2.75, 3.05) is 49.8 Å². The lowest BCUT2D eigenvalue weighted by Gasteiger charge is -2.31. The molecular weight excluding hydrogens is 420 g/mol. The van der Waals surface area contributed by atoms with E-state index in [1.54, 1.807) is 18.4 Å². The molecule has 32 heavy (non-hydrogen) atoms. The Hall–Kier alpha value is -2.83. The van der Waals surface area contributed by atoms with Gasteiger partial charge in [-0.3, -0.25) is 4.79 Å². The normalized spacial score (nSPS) is 16.1. The number of rotatable bonds is 4. The van der Waals surface area contributed by atoms with Crippen LogP contribution >= 0.6 is 11.3 Å². The average Bonchev–Trinajstić information content (AvgIpc) is 3.30. The van der Waals surface area contributed by atoms with Gasteiger partial charge in [-0.1, -0.05) is 36.4 Å². The summed E-state index contributed by atoms with van der Waals surface area (Å²) in [6, 6.07) is 16.5. The Kier molecular flexibility index (Phi) is 5.89. The third kappa shape index (κ3) is 3.78. The number of morpholine rings is 1. The highest BCUT2D eigenvalue weighted by atomic mass is 32.1. The summed E-state index contributed by atoms with van der Waals surface area (Å²) < 4.78 is 11.2. The molecule has 0 aliphatic carbocycles. The van der Waals surface area contributed by atoms with E-state index < -0.39 is 0 Å². The van der Waals surface area contributed by atoms with E-state index in [9.17, 15) is 4.79 Å². The highest BCUT2D eigenvalue weighted by molar-refractivity contribution is 7.18. The molecule has 3 heterocycles. The van der Waals surface area contributed by atoms with Crippen molar-refractivity contribution in [3.05, 3.63) is 64.5 Å². The second-order valence-corrected chi connectivity index (χ2v) is 9.30. The van der Waals surface area contributed by atoms with Crippen molar-refractivity contribution in [1.82, 2.24) is 0 Å². The Labute approximate surface area is 193 Å². The molecule has 6 heteroatoms. The molecule has 1 fully saturated rings. The maximum atomic E-state index is 13.9. The lowest BCUT2D eigenvalue weighted by molar-refractivity contribution is 0.0988. The third-order valence-corrected chi connectivity index (χ3v) is 7.51. The summed E-state index contributed by atoms with van der Waals surface area (Å²) >= 11 is 1.59. The van der Waals surface area contributed by atoms with Gasteiger partial charge in [0.2, 0.25) is 0 Å². The highest BCUT2D eigenvalue weighted by Crippen LogP contribution is 2.43. The van der Waals surface area contributed by atoms with Crippen molar-refractivity contribution in [2.45, 2.75) is 19.8 Å². The number of carbonyl (C=O) groups excluding carboxylic acids is 1. The summed E-state index contributed by atoms with van der Waals surface area (Å²) in [5.74, 6) is 0.823. The fourth-order valence-corrected chi connectivity index (χ4v) is 5.85. The number of nitrogens with zero attached hydrogens (tertiary/aromatic N) is 2. The second-order valence-electron chi connectivity index (χ2n) is 8.27. The summed E-state index contributed by atoms with van der Waals surface area (Å²) in [5.41, 5.74) is 5.62. The Morgan fingerprint density at radius 1 is 1.06 bits per heavy atom. The first-order valence-corrected chi connectivity index (χ1v) is 12.0. The van der Waals surface area contributed by atoms with E-state index in [1.165, 1.54) is 11.1 Å². The van der Waals surface area contributed by atoms with Gasteiger partial charge < -0.3 is 19.3 Å². The molecule has 1 amide bonds. The van der Waals surface area contributed by atoms with Crippen LogP contribution in [0.25, 0.3) is 11.1 Å². The van der Waals surface area contributed by atoms with Crippen LogP contribution in [0.4, 0.5) is 10.7 Å². The Morgan fingerprint density at radius 2 is 1.84 bits per heavy atom. The zero-order valence-electron chi connectivity index (χ0n) is 18.6. The van der Waals surface area contributed by atoms with Gasteiger partial charge >= 0.3 is 0 Å². The zero-order chi connectivity index (χ0) is 22.1. The molecule has 0 radical (unpaired) electrons. The number of hydrogen-bond acceptors (Lipinski definition) is 5. The second kappa shape index (κ2) is 8.96. The van der Waals surface area contributed by atoms with E-state index in [0.29, 0.717) is 19.8 Å². The number of carbonyl (C=O) groups is 1. The molecule has 0 unspecified atom stereocenters. The number of benzene rings is 2. The van der Waals surface area contributed by atoms with E-state index >= 15 is 0 Å². The summed E-state index contributed by atoms with van der Waals surface area (Å²) in [6.07, 6.45) is 1.93. The topological polar surface area (TPSA) is 42.0 Å². The number of thiophene rings is 1. The van der Waals surface area contributed by atoms with Crippen molar-refractivity contribution in [1.29, 1.82) is 0 Å². The number of fused-ring (bicyclic) bond motifs is 1. The van der Waals surface area contributed by atoms with Crippen LogP contribution in [0.1, 0.15) is 27.2 Å². The van der Waals surface area contributed by atoms with E-state index in [1.807, 2.05) is 29.2 Å². The zero-order valence-corrected chi connectivity index (χ0v) is 19.4. The van der Waals surface area contributed by atoms with Crippen molar-refractivity contribution >= 4 is 27.9 Å². The van der Waals surface area contributed by atoms with E-state index in [4.69, 9.17) is 9.47 Å². The van der Waals surface area contributed by atoms with E-state index in [-0.39, 0.29) is 5.91 Å². The lowest BCUT2D eigenvalue weighted by Crippen LogP contribution is -2.36. The molecule has 0 N–H and O–H groups in total. The molecule has 5 rings (SSSR count). The largest absolute Gasteiger partial charge is 0.495 e. The number of methoxy groups -OCH3 is 1. The minimum Gasteiger partial charge on any atom is -0.495 e. The Bertz CT molecular complexity index is 1120. The third-order valence-electron chi connectivity index (χ3n) is 6.33. The molecule has 1 saturated heterocycles. The van der Waals surface area contributed by atoms with Gasteiger partial charge in [-0.05, 0) is 48.6 Å². The minimum absolute atomic E-state index is 0.0524. The van der Waals surface area contributed by atoms with Crippen LogP contribution in [-0.2, 0) is 11.2 Å². The number of ether oxygens (including phenoxy) is 2. The van der Waals surface area contributed by atoms with Crippen molar-refractivity contribution in [3.63, 3.8) is 0 Å². The molecule has 166 valence electrons. The van der Waals surface area contributed by atoms with Gasteiger partial charge in [-0.25, -0.2) is 0 Å². The maximum Gasteiger partial charge on any atom is 0.268 e. The van der Waals surface area contributed by atoms with Gasteiger partial charge in [-0.15, -0.1) is 11.3 Å². The quantitative estimate of drug-likeness (QED) is 0.553. The SMILES string of the molecule is COc1ccc(C)c2c1N(C(=O)c1cc(-c3ccccc3)c(N3CCOCC3)s1)CCC2. The van der Waals surface area contributed by atoms with Gasteiger partial charge in [-0.2, -0.15) is 0 Å². The van der Waals surface area contributed by atoms with Crippen LogP contribution in [0.5, 0.6) is 5.75 Å². The first-order valence-electron chi connectivity index (χ1n) is 11.2. The van der Waals surface area contributed by atoms with Crippen LogP contribution in [0.15, 0.2) is 48.5 Å². The number of aryl methyl sites for hydroxylation is 1. The van der Waals surface area contributed by atoms with Gasteiger partial charge in [0, 0.05) is 25.2 Å². The van der Waals surface area contributed by atoms with E-state index in [2.05, 4.69) is 36.1 Å². The molecule has 2 aliphatic rings. The molecule has 0 bridgehead atoms. The number of hydrogen-bond donors (Lipinski definition) is 0. The smallest absolute Gasteiger partial charge is 0.268 e. The van der Waals surface area contributed by atoms with Crippen LogP contribution in [0.2, 0.25) is 0 Å². The molecule has 2 aliphatic heterocycles. The molecule has 5 nitrogen and oxygen atoms in total. The molecule has 0 atom stereocenters. The number of amides is 1. The fraction of sp³-hybridized carbons (Fsp3) is 0.346. The van der Waals surface area contributed by atoms with Gasteiger partial charge in [0.15, 0.2) is 0 Å². The molecule has 3 aromatic rings. The van der Waals surface area contributed by atoms with Crippen molar-refractivity contribution in [3.8, 4) is 16.9 Å². The monoisotopic (exact) mass is 448 g/mol. The standard InChI is InChI=1S/C26H28N2O3S/c1-18-10-11-22(30-2)24-20(18)9-6-12-28(24)25(29)23-17-21(19-7-4-3-5-8-19)26(32-23)27-13-15-31-16-14-27/h3-5,7-8,10-11,17H,6,9,12-16H2,1-2H3. The fourth-order valence-electron chi connectivity index (χ4n) is 4.67. The molecule has 0 spiro atoms. The van der Waals surface area contributed by atoms with Crippen molar-refractivity contribution < 1.29 is 14.3 Å². The predicted molar refractivity (Wildman–Crippen MR) is 131 cm³/mol.